The van der Waals surface area contributed by atoms with Gasteiger partial charge < -0.3 is 5.32 Å². The lowest BCUT2D eigenvalue weighted by molar-refractivity contribution is 0.563. The Labute approximate surface area is 85.3 Å². The minimum Gasteiger partial charge on any atom is -0.316 e. The maximum atomic E-state index is 13.5. The first kappa shape index (κ1) is 11.2. The highest BCUT2D eigenvalue weighted by Crippen LogP contribution is 2.23. The predicted octanol–water partition coefficient (Wildman–Crippen LogP) is 2.84. The highest BCUT2D eigenvalue weighted by Gasteiger charge is 2.15. The van der Waals surface area contributed by atoms with Crippen molar-refractivity contribution in [2.45, 2.75) is 32.7 Å². The van der Waals surface area contributed by atoms with Crippen molar-refractivity contribution < 1.29 is 4.39 Å². The van der Waals surface area contributed by atoms with Crippen LogP contribution in [0.3, 0.4) is 0 Å². The fraction of sp³-hybridized carbons (Fsp3) is 0.500. The van der Waals surface area contributed by atoms with Crippen LogP contribution in [0.1, 0.15) is 31.9 Å². The molecule has 1 aromatic rings. The van der Waals surface area contributed by atoms with E-state index in [1.165, 1.54) is 0 Å². The van der Waals surface area contributed by atoms with Crippen LogP contribution < -0.4 is 5.32 Å². The Morgan fingerprint density at radius 3 is 2.36 bits per heavy atom. The Kier molecular flexibility index (Phi) is 3.27. The van der Waals surface area contributed by atoms with Gasteiger partial charge in [0.1, 0.15) is 5.82 Å². The van der Waals surface area contributed by atoms with Gasteiger partial charge in [0.15, 0.2) is 0 Å². The van der Waals surface area contributed by atoms with E-state index < -0.39 is 0 Å². The molecule has 1 nitrogen and oxygen atoms in total. The Morgan fingerprint density at radius 1 is 1.29 bits per heavy atom. The van der Waals surface area contributed by atoms with E-state index in [2.05, 4.69) is 26.1 Å². The lowest BCUT2D eigenvalue weighted by Crippen LogP contribution is -2.13. The lowest BCUT2D eigenvalue weighted by Gasteiger charge is -2.19. The molecule has 2 heteroatoms. The maximum Gasteiger partial charge on any atom is 0.127 e. The second-order valence-corrected chi connectivity index (χ2v) is 4.59. The summed E-state index contributed by atoms with van der Waals surface area (Å²) < 4.78 is 13.5. The van der Waals surface area contributed by atoms with Gasteiger partial charge in [-0.2, -0.15) is 0 Å². The molecule has 1 rings (SSSR count). The zero-order valence-electron chi connectivity index (χ0n) is 9.32. The Hall–Kier alpha value is -0.890. The average Bonchev–Trinajstić information content (AvgIpc) is 2.07. The standard InChI is InChI=1S/C12H18FN/c1-12(2,3)10-6-5-9(8-14-4)11(13)7-10/h5-7,14H,8H2,1-4H3. The molecule has 0 aliphatic heterocycles. The van der Waals surface area contributed by atoms with Crippen molar-refractivity contribution in [3.63, 3.8) is 0 Å². The summed E-state index contributed by atoms with van der Waals surface area (Å²) in [5.74, 6) is -0.119. The molecule has 14 heavy (non-hydrogen) atoms. The largest absolute Gasteiger partial charge is 0.316 e. The molecule has 0 atom stereocenters. The molecule has 0 aliphatic carbocycles. The molecule has 0 fully saturated rings. The molecule has 0 radical (unpaired) electrons. The van der Waals surface area contributed by atoms with Crippen molar-refractivity contribution in [2.75, 3.05) is 7.05 Å². The van der Waals surface area contributed by atoms with E-state index in [9.17, 15) is 4.39 Å². The summed E-state index contributed by atoms with van der Waals surface area (Å²) in [6.45, 7) is 6.83. The summed E-state index contributed by atoms with van der Waals surface area (Å²) in [5, 5.41) is 2.94. The molecule has 0 aliphatic rings. The van der Waals surface area contributed by atoms with Crippen molar-refractivity contribution in [2.24, 2.45) is 0 Å². The van der Waals surface area contributed by atoms with Crippen molar-refractivity contribution in [3.05, 3.63) is 35.1 Å². The van der Waals surface area contributed by atoms with Crippen molar-refractivity contribution in [1.82, 2.24) is 5.32 Å². The van der Waals surface area contributed by atoms with Crippen LogP contribution in [-0.4, -0.2) is 7.05 Å². The first-order valence-electron chi connectivity index (χ1n) is 4.88. The third-order valence-electron chi connectivity index (χ3n) is 2.29. The van der Waals surface area contributed by atoms with Crippen LogP contribution >= 0.6 is 0 Å². The highest BCUT2D eigenvalue weighted by molar-refractivity contribution is 5.28. The Bertz CT molecular complexity index is 313. The van der Waals surface area contributed by atoms with Gasteiger partial charge in [0, 0.05) is 12.1 Å². The van der Waals surface area contributed by atoms with Crippen LogP contribution in [0, 0.1) is 5.82 Å². The second-order valence-electron chi connectivity index (χ2n) is 4.59. The van der Waals surface area contributed by atoms with Crippen molar-refractivity contribution >= 4 is 0 Å². The molecule has 1 N–H and O–H groups in total. The molecule has 0 amide bonds. The molecule has 78 valence electrons. The smallest absolute Gasteiger partial charge is 0.127 e. The molecule has 0 saturated carbocycles. The quantitative estimate of drug-likeness (QED) is 0.765. The Morgan fingerprint density at radius 2 is 1.93 bits per heavy atom. The van der Waals surface area contributed by atoms with E-state index in [-0.39, 0.29) is 11.2 Å². The van der Waals surface area contributed by atoms with E-state index in [1.54, 1.807) is 6.07 Å². The van der Waals surface area contributed by atoms with Crippen LogP contribution in [0.25, 0.3) is 0 Å². The number of hydrogen-bond acceptors (Lipinski definition) is 1. The number of rotatable bonds is 2. The summed E-state index contributed by atoms with van der Waals surface area (Å²) in [6, 6.07) is 5.48. The fourth-order valence-electron chi connectivity index (χ4n) is 1.35. The van der Waals surface area contributed by atoms with Gasteiger partial charge in [0.25, 0.3) is 0 Å². The minimum absolute atomic E-state index is 0.0129. The monoisotopic (exact) mass is 195 g/mol. The second kappa shape index (κ2) is 4.09. The lowest BCUT2D eigenvalue weighted by atomic mass is 9.86. The highest BCUT2D eigenvalue weighted by atomic mass is 19.1. The van der Waals surface area contributed by atoms with Gasteiger partial charge >= 0.3 is 0 Å². The molecule has 0 spiro atoms. The number of benzene rings is 1. The van der Waals surface area contributed by atoms with E-state index in [1.807, 2.05) is 19.2 Å². The zero-order chi connectivity index (χ0) is 10.8. The predicted molar refractivity (Wildman–Crippen MR) is 57.9 cm³/mol. The molecule has 0 heterocycles. The van der Waals surface area contributed by atoms with E-state index in [0.717, 1.165) is 11.1 Å². The van der Waals surface area contributed by atoms with Crippen LogP contribution in [0.4, 0.5) is 4.39 Å². The van der Waals surface area contributed by atoms with Crippen molar-refractivity contribution in [1.29, 1.82) is 0 Å². The van der Waals surface area contributed by atoms with Gasteiger partial charge in [0.05, 0.1) is 0 Å². The van der Waals surface area contributed by atoms with Crippen LogP contribution in [0.5, 0.6) is 0 Å². The van der Waals surface area contributed by atoms with Gasteiger partial charge in [0.2, 0.25) is 0 Å². The molecule has 0 bridgehead atoms. The summed E-state index contributed by atoms with van der Waals surface area (Å²) in [6.07, 6.45) is 0. The molecule has 1 aromatic carbocycles. The van der Waals surface area contributed by atoms with E-state index in [4.69, 9.17) is 0 Å². The summed E-state index contributed by atoms with van der Waals surface area (Å²) in [4.78, 5) is 0. The van der Waals surface area contributed by atoms with Gasteiger partial charge in [-0.25, -0.2) is 4.39 Å². The van der Waals surface area contributed by atoms with Gasteiger partial charge in [-0.1, -0.05) is 32.9 Å². The summed E-state index contributed by atoms with van der Waals surface area (Å²) in [5.41, 5.74) is 1.77. The minimum atomic E-state index is -0.119. The molecule has 0 unspecified atom stereocenters. The molecular formula is C12H18FN. The first-order valence-corrected chi connectivity index (χ1v) is 4.88. The average molecular weight is 195 g/mol. The number of hydrogen-bond donors (Lipinski definition) is 1. The van der Waals surface area contributed by atoms with Gasteiger partial charge in [-0.3, -0.25) is 0 Å². The third-order valence-corrected chi connectivity index (χ3v) is 2.29. The molecular weight excluding hydrogens is 177 g/mol. The molecule has 0 aromatic heterocycles. The van der Waals surface area contributed by atoms with Crippen LogP contribution in [0.2, 0.25) is 0 Å². The summed E-state index contributed by atoms with van der Waals surface area (Å²) >= 11 is 0. The van der Waals surface area contributed by atoms with Gasteiger partial charge in [-0.15, -0.1) is 0 Å². The third kappa shape index (κ3) is 2.55. The van der Waals surface area contributed by atoms with Gasteiger partial charge in [-0.05, 0) is 24.1 Å². The van der Waals surface area contributed by atoms with Crippen LogP contribution in [0.15, 0.2) is 18.2 Å². The normalized spacial score (nSPS) is 11.8. The van der Waals surface area contributed by atoms with E-state index >= 15 is 0 Å². The maximum absolute atomic E-state index is 13.5. The fourth-order valence-corrected chi connectivity index (χ4v) is 1.35. The van der Waals surface area contributed by atoms with Crippen molar-refractivity contribution in [3.8, 4) is 0 Å². The SMILES string of the molecule is CNCc1ccc(C(C)(C)C)cc1F. The zero-order valence-corrected chi connectivity index (χ0v) is 9.32. The first-order chi connectivity index (χ1) is 6.45. The van der Waals surface area contributed by atoms with Crippen LogP contribution in [-0.2, 0) is 12.0 Å². The van der Waals surface area contributed by atoms with E-state index in [0.29, 0.717) is 6.54 Å². The Balaban J connectivity index is 3.01. The number of halogens is 1. The molecule has 0 saturated heterocycles. The number of nitrogens with one attached hydrogen (secondary N) is 1. The topological polar surface area (TPSA) is 12.0 Å². The summed E-state index contributed by atoms with van der Waals surface area (Å²) in [7, 11) is 1.82.